The number of likely N-dealkylation sites (N-methyl/N-ethyl adjacent to an activating group) is 1. The van der Waals surface area contributed by atoms with Gasteiger partial charge in [-0.05, 0) is 36.1 Å². The Hall–Kier alpha value is -1.85. The topological polar surface area (TPSA) is 87.2 Å². The van der Waals surface area contributed by atoms with Gasteiger partial charge in [0.25, 0.3) is 0 Å². The van der Waals surface area contributed by atoms with Crippen LogP contribution in [-0.2, 0) is 21.2 Å². The number of aliphatic hydroxyl groups excluding tert-OH is 1. The molecule has 1 aliphatic heterocycles. The van der Waals surface area contributed by atoms with E-state index in [2.05, 4.69) is 0 Å². The van der Waals surface area contributed by atoms with E-state index in [0.717, 1.165) is 4.31 Å². The van der Waals surface area contributed by atoms with Gasteiger partial charge < -0.3 is 14.7 Å². The van der Waals surface area contributed by atoms with Gasteiger partial charge in [-0.15, -0.1) is 11.3 Å². The van der Waals surface area contributed by atoms with E-state index in [1.165, 1.54) is 42.6 Å². The average Bonchev–Trinajstić information content (AvgIpc) is 3.16. The molecule has 1 fully saturated rings. The molecule has 0 amide bonds. The van der Waals surface area contributed by atoms with E-state index in [-0.39, 0.29) is 17.2 Å². The average molecular weight is 469 g/mol. The van der Waals surface area contributed by atoms with Crippen molar-refractivity contribution in [1.29, 1.82) is 0 Å². The Morgan fingerprint density at radius 3 is 2.58 bits per heavy atom. The fourth-order valence-corrected chi connectivity index (χ4v) is 7.24. The fraction of sp³-hybridized carbons (Fsp3) is 0.476. The molecule has 1 N–H and O–H groups in total. The van der Waals surface area contributed by atoms with Gasteiger partial charge in [0.15, 0.2) is 5.78 Å². The third-order valence-electron chi connectivity index (χ3n) is 5.68. The maximum Gasteiger partial charge on any atom is 0.246 e. The predicted molar refractivity (Wildman–Crippen MR) is 116 cm³/mol. The van der Waals surface area contributed by atoms with Crippen LogP contribution in [0.2, 0.25) is 0 Å². The van der Waals surface area contributed by atoms with Gasteiger partial charge in [-0.3, -0.25) is 4.79 Å². The lowest BCUT2D eigenvalue weighted by Gasteiger charge is -2.29. The van der Waals surface area contributed by atoms with Gasteiger partial charge in [0.2, 0.25) is 10.0 Å². The van der Waals surface area contributed by atoms with Gasteiger partial charge in [0.1, 0.15) is 15.7 Å². The number of anilines is 1. The summed E-state index contributed by atoms with van der Waals surface area (Å²) in [6, 6.07) is 5.32. The van der Waals surface area contributed by atoms with Gasteiger partial charge >= 0.3 is 0 Å². The number of hydrogen-bond acceptors (Lipinski definition) is 7. The number of ether oxygens (including phenoxy) is 1. The number of halogens is 1. The molecular formula is C21H25FN2O5S2. The van der Waals surface area contributed by atoms with Crippen molar-refractivity contribution in [2.24, 2.45) is 0 Å². The Bertz CT molecular complexity index is 1060. The lowest BCUT2D eigenvalue weighted by atomic mass is 9.98. The third kappa shape index (κ3) is 4.40. The summed E-state index contributed by atoms with van der Waals surface area (Å²) in [5, 5.41) is 11.1. The summed E-state index contributed by atoms with van der Waals surface area (Å²) in [5.74, 6) is -0.446. The van der Waals surface area contributed by atoms with Gasteiger partial charge in [-0.25, -0.2) is 12.8 Å². The molecular weight excluding hydrogens is 443 g/mol. The van der Waals surface area contributed by atoms with Crippen LogP contribution in [-0.4, -0.2) is 63.5 Å². The SMILES string of the molecule is CN(CC(O)c1ccc(F)cc1)S(=O)(=O)c1c(N2CCOCC2)sc2c1CCCC2=O. The van der Waals surface area contributed by atoms with Gasteiger partial charge in [-0.1, -0.05) is 12.1 Å². The van der Waals surface area contributed by atoms with Crippen molar-refractivity contribution in [3.05, 3.63) is 46.1 Å². The van der Waals surface area contributed by atoms with Crippen LogP contribution in [0.4, 0.5) is 9.39 Å². The zero-order chi connectivity index (χ0) is 22.2. The molecule has 168 valence electrons. The second kappa shape index (κ2) is 8.95. The number of morpholine rings is 1. The molecule has 2 aromatic rings. The molecule has 10 heteroatoms. The number of carbonyl (C=O) groups excluding carboxylic acids is 1. The molecule has 4 rings (SSSR count). The molecule has 1 aromatic heterocycles. The number of carbonyl (C=O) groups is 1. The molecule has 1 unspecified atom stereocenters. The maximum absolute atomic E-state index is 13.6. The highest BCUT2D eigenvalue weighted by atomic mass is 32.2. The van der Waals surface area contributed by atoms with Crippen LogP contribution in [0.15, 0.2) is 29.2 Å². The summed E-state index contributed by atoms with van der Waals surface area (Å²) in [7, 11) is -2.56. The summed E-state index contributed by atoms with van der Waals surface area (Å²) in [6.07, 6.45) is 0.470. The molecule has 7 nitrogen and oxygen atoms in total. The Morgan fingerprint density at radius 2 is 1.90 bits per heavy atom. The Labute approximate surface area is 185 Å². The monoisotopic (exact) mass is 468 g/mol. The standard InChI is InChI=1S/C21H25FN2O5S2/c1-23(13-18(26)14-5-7-15(22)8-6-14)31(27,28)20-16-3-2-4-17(25)19(16)30-21(20)24-9-11-29-12-10-24/h5-8,18,26H,2-4,9-13H2,1H3. The van der Waals surface area contributed by atoms with Gasteiger partial charge in [-0.2, -0.15) is 4.31 Å². The number of aliphatic hydroxyl groups is 1. The van der Waals surface area contributed by atoms with Gasteiger partial charge in [0.05, 0.1) is 24.2 Å². The summed E-state index contributed by atoms with van der Waals surface area (Å²) in [5.41, 5.74) is 1.02. The van der Waals surface area contributed by atoms with E-state index >= 15 is 0 Å². The number of nitrogens with zero attached hydrogens (tertiary/aromatic N) is 2. The minimum absolute atomic E-state index is 0.0174. The first-order valence-corrected chi connectivity index (χ1v) is 12.5. The summed E-state index contributed by atoms with van der Waals surface area (Å²) in [6.45, 7) is 1.91. The van der Waals surface area contributed by atoms with Crippen molar-refractivity contribution < 1.29 is 27.4 Å². The zero-order valence-corrected chi connectivity index (χ0v) is 18.8. The third-order valence-corrected chi connectivity index (χ3v) is 9.06. The Kier molecular flexibility index (Phi) is 6.45. The molecule has 0 spiro atoms. The molecule has 0 bridgehead atoms. The number of sulfonamides is 1. The van der Waals surface area contributed by atoms with Crippen LogP contribution >= 0.6 is 11.3 Å². The lowest BCUT2D eigenvalue weighted by molar-refractivity contribution is 0.0976. The molecule has 0 saturated carbocycles. The second-order valence-electron chi connectivity index (χ2n) is 7.77. The van der Waals surface area contributed by atoms with Gasteiger partial charge in [0, 0.05) is 33.1 Å². The minimum Gasteiger partial charge on any atom is -0.387 e. The van der Waals surface area contributed by atoms with Crippen LogP contribution in [0.1, 0.15) is 39.7 Å². The highest BCUT2D eigenvalue weighted by Gasteiger charge is 2.37. The highest BCUT2D eigenvalue weighted by Crippen LogP contribution is 2.44. The number of rotatable bonds is 6. The van der Waals surface area contributed by atoms with Crippen molar-refractivity contribution in [3.8, 4) is 0 Å². The van der Waals surface area contributed by atoms with Crippen LogP contribution < -0.4 is 4.90 Å². The van der Waals surface area contributed by atoms with E-state index in [0.29, 0.717) is 66.6 Å². The molecule has 0 radical (unpaired) electrons. The van der Waals surface area contributed by atoms with E-state index in [4.69, 9.17) is 4.74 Å². The second-order valence-corrected chi connectivity index (χ2v) is 10.8. The number of fused-ring (bicyclic) bond motifs is 1. The lowest BCUT2D eigenvalue weighted by Crippen LogP contribution is -2.38. The fourth-order valence-electron chi connectivity index (χ4n) is 3.96. The van der Waals surface area contributed by atoms with Crippen LogP contribution in [0.5, 0.6) is 0 Å². The molecule has 31 heavy (non-hydrogen) atoms. The summed E-state index contributed by atoms with van der Waals surface area (Å²) < 4.78 is 47.0. The quantitative estimate of drug-likeness (QED) is 0.701. The number of thiophene rings is 1. The smallest absolute Gasteiger partial charge is 0.246 e. The largest absolute Gasteiger partial charge is 0.387 e. The molecule has 1 aliphatic carbocycles. The first kappa shape index (κ1) is 22.3. The Morgan fingerprint density at radius 1 is 1.23 bits per heavy atom. The van der Waals surface area contributed by atoms with E-state index in [1.807, 2.05) is 4.90 Å². The highest BCUT2D eigenvalue weighted by molar-refractivity contribution is 7.89. The van der Waals surface area contributed by atoms with Crippen LogP contribution in [0.3, 0.4) is 0 Å². The van der Waals surface area contributed by atoms with Crippen molar-refractivity contribution in [2.45, 2.75) is 30.3 Å². The molecule has 2 heterocycles. The number of Topliss-reactive ketones (excluding diaryl/α,β-unsaturated/α-hetero) is 1. The zero-order valence-electron chi connectivity index (χ0n) is 17.2. The molecule has 1 aromatic carbocycles. The first-order chi connectivity index (χ1) is 14.8. The van der Waals surface area contributed by atoms with Crippen molar-refractivity contribution in [3.63, 3.8) is 0 Å². The van der Waals surface area contributed by atoms with Crippen molar-refractivity contribution in [1.82, 2.24) is 4.31 Å². The Balaban J connectivity index is 1.69. The van der Waals surface area contributed by atoms with E-state index in [1.54, 1.807) is 0 Å². The number of ketones is 1. The summed E-state index contributed by atoms with van der Waals surface area (Å²) >= 11 is 1.25. The van der Waals surface area contributed by atoms with Crippen molar-refractivity contribution in [2.75, 3.05) is 44.8 Å². The van der Waals surface area contributed by atoms with Crippen LogP contribution in [0.25, 0.3) is 0 Å². The van der Waals surface area contributed by atoms with E-state index < -0.39 is 21.9 Å². The summed E-state index contributed by atoms with van der Waals surface area (Å²) in [4.78, 5) is 15.2. The molecule has 2 aliphatic rings. The number of benzene rings is 1. The molecule has 1 saturated heterocycles. The predicted octanol–water partition coefficient (Wildman–Crippen LogP) is 2.60. The van der Waals surface area contributed by atoms with E-state index in [9.17, 15) is 22.7 Å². The number of hydrogen-bond donors (Lipinski definition) is 1. The first-order valence-electron chi connectivity index (χ1n) is 10.2. The normalized spacial score (nSPS) is 18.3. The molecule has 1 atom stereocenters. The van der Waals surface area contributed by atoms with Crippen LogP contribution in [0, 0.1) is 5.82 Å². The minimum atomic E-state index is -3.98. The van der Waals surface area contributed by atoms with Crippen molar-refractivity contribution >= 4 is 32.1 Å². The maximum atomic E-state index is 13.6.